The zero-order valence-electron chi connectivity index (χ0n) is 12.0. The number of hydrogen-bond acceptors (Lipinski definition) is 5. The van der Waals surface area contributed by atoms with Crippen molar-refractivity contribution in [2.75, 3.05) is 7.11 Å². The molecule has 0 aliphatic rings. The number of aromatic nitrogens is 3. The molecule has 1 aromatic heterocycles. The first kappa shape index (κ1) is 16.3. The molecule has 0 unspecified atom stereocenters. The van der Waals surface area contributed by atoms with Crippen LogP contribution in [-0.4, -0.2) is 34.0 Å². The van der Waals surface area contributed by atoms with Gasteiger partial charge in [-0.3, -0.25) is 4.79 Å². The van der Waals surface area contributed by atoms with Gasteiger partial charge in [0, 0.05) is 17.8 Å². The number of methoxy groups -OCH3 is 1. The topological polar surface area (TPSA) is 86.1 Å². The Morgan fingerprint density at radius 2 is 2.13 bits per heavy atom. The van der Waals surface area contributed by atoms with E-state index < -0.39 is 23.5 Å². The van der Waals surface area contributed by atoms with Crippen LogP contribution >= 0.6 is 0 Å². The standard InChI is InChI=1S/C14H12F2N4O3/c1-23-13(21)4-5-20-8-10(18-19-20)7-17-14(22)9-2-3-11(15)12(16)6-9/h2-6,8H,7H2,1H3,(H,17,22)/b5-4+. The van der Waals surface area contributed by atoms with Crippen molar-refractivity contribution in [1.29, 1.82) is 0 Å². The molecule has 0 atom stereocenters. The number of nitrogens with one attached hydrogen (secondary N) is 1. The summed E-state index contributed by atoms with van der Waals surface area (Å²) in [6.45, 7) is 0.0316. The second kappa shape index (κ2) is 7.25. The Hall–Kier alpha value is -3.10. The van der Waals surface area contributed by atoms with E-state index in [-0.39, 0.29) is 12.1 Å². The summed E-state index contributed by atoms with van der Waals surface area (Å²) >= 11 is 0. The molecular formula is C14H12F2N4O3. The van der Waals surface area contributed by atoms with E-state index >= 15 is 0 Å². The second-order valence-electron chi connectivity index (χ2n) is 4.34. The molecule has 0 fully saturated rings. The zero-order valence-corrected chi connectivity index (χ0v) is 12.0. The number of rotatable bonds is 5. The lowest BCUT2D eigenvalue weighted by atomic mass is 10.2. The maximum atomic E-state index is 13.1. The average molecular weight is 322 g/mol. The largest absolute Gasteiger partial charge is 0.466 e. The number of halogens is 2. The Morgan fingerprint density at radius 3 is 2.83 bits per heavy atom. The molecule has 1 N–H and O–H groups in total. The fourth-order valence-corrected chi connectivity index (χ4v) is 1.58. The van der Waals surface area contributed by atoms with E-state index in [0.29, 0.717) is 5.69 Å². The van der Waals surface area contributed by atoms with E-state index in [1.807, 2.05) is 0 Å². The van der Waals surface area contributed by atoms with Crippen LogP contribution in [0, 0.1) is 11.6 Å². The summed E-state index contributed by atoms with van der Waals surface area (Å²) in [5.41, 5.74) is 0.400. The van der Waals surface area contributed by atoms with E-state index in [2.05, 4.69) is 20.4 Å². The third kappa shape index (κ3) is 4.43. The smallest absolute Gasteiger partial charge is 0.332 e. The fourth-order valence-electron chi connectivity index (χ4n) is 1.58. The van der Waals surface area contributed by atoms with Gasteiger partial charge in [-0.1, -0.05) is 5.21 Å². The summed E-state index contributed by atoms with van der Waals surface area (Å²) in [7, 11) is 1.24. The van der Waals surface area contributed by atoms with Crippen molar-refractivity contribution in [2.24, 2.45) is 0 Å². The van der Waals surface area contributed by atoms with Gasteiger partial charge in [0.25, 0.3) is 5.91 Å². The summed E-state index contributed by atoms with van der Waals surface area (Å²) in [6.07, 6.45) is 3.96. The van der Waals surface area contributed by atoms with Crippen LogP contribution in [0.5, 0.6) is 0 Å². The Labute approximate surface area is 129 Å². The minimum atomic E-state index is -1.10. The van der Waals surface area contributed by atoms with Crippen molar-refractivity contribution in [2.45, 2.75) is 6.54 Å². The van der Waals surface area contributed by atoms with Gasteiger partial charge in [0.2, 0.25) is 0 Å². The lowest BCUT2D eigenvalue weighted by molar-refractivity contribution is -0.134. The van der Waals surface area contributed by atoms with Gasteiger partial charge in [-0.2, -0.15) is 0 Å². The van der Waals surface area contributed by atoms with Gasteiger partial charge in [0.15, 0.2) is 11.6 Å². The molecule has 1 heterocycles. The van der Waals surface area contributed by atoms with Crippen LogP contribution in [0.4, 0.5) is 8.78 Å². The molecule has 0 aliphatic carbocycles. The molecule has 23 heavy (non-hydrogen) atoms. The number of esters is 1. The van der Waals surface area contributed by atoms with E-state index in [9.17, 15) is 18.4 Å². The van der Waals surface area contributed by atoms with Crippen molar-refractivity contribution in [3.8, 4) is 0 Å². The lowest BCUT2D eigenvalue weighted by Gasteiger charge is -2.03. The fraction of sp³-hybridized carbons (Fsp3) is 0.143. The maximum absolute atomic E-state index is 13.1. The highest BCUT2D eigenvalue weighted by Crippen LogP contribution is 2.08. The second-order valence-corrected chi connectivity index (χ2v) is 4.34. The van der Waals surface area contributed by atoms with Gasteiger partial charge < -0.3 is 10.1 Å². The van der Waals surface area contributed by atoms with Crippen LogP contribution in [0.25, 0.3) is 6.20 Å². The number of carbonyl (C=O) groups excluding carboxylic acids is 2. The number of ether oxygens (including phenoxy) is 1. The van der Waals surface area contributed by atoms with Gasteiger partial charge in [-0.05, 0) is 18.2 Å². The first-order valence-electron chi connectivity index (χ1n) is 6.39. The van der Waals surface area contributed by atoms with Crippen molar-refractivity contribution in [1.82, 2.24) is 20.3 Å². The molecule has 1 amide bonds. The molecule has 9 heteroatoms. The molecule has 1 aromatic carbocycles. The number of benzene rings is 1. The molecule has 0 spiro atoms. The third-order valence-electron chi connectivity index (χ3n) is 2.73. The summed E-state index contributed by atoms with van der Waals surface area (Å²) in [5, 5.41) is 9.98. The molecule has 0 aliphatic heterocycles. The Kier molecular flexibility index (Phi) is 5.13. The van der Waals surface area contributed by atoms with Crippen molar-refractivity contribution in [3.05, 3.63) is 53.4 Å². The average Bonchev–Trinajstić information content (AvgIpc) is 3.00. The number of amides is 1. The predicted molar refractivity (Wildman–Crippen MR) is 74.9 cm³/mol. The quantitative estimate of drug-likeness (QED) is 0.659. The van der Waals surface area contributed by atoms with Crippen LogP contribution in [0.3, 0.4) is 0 Å². The number of hydrogen-bond donors (Lipinski definition) is 1. The Bertz CT molecular complexity index is 758. The third-order valence-corrected chi connectivity index (χ3v) is 2.73. The molecule has 0 bridgehead atoms. The first-order chi connectivity index (χ1) is 11.0. The molecule has 2 rings (SSSR count). The molecule has 0 saturated carbocycles. The van der Waals surface area contributed by atoms with E-state index in [1.165, 1.54) is 30.3 Å². The molecule has 120 valence electrons. The minimum absolute atomic E-state index is 0.0121. The molecule has 7 nitrogen and oxygen atoms in total. The summed E-state index contributed by atoms with van der Waals surface area (Å²) < 4.78 is 31.5. The molecule has 0 saturated heterocycles. The highest BCUT2D eigenvalue weighted by atomic mass is 19.2. The summed E-state index contributed by atoms with van der Waals surface area (Å²) in [4.78, 5) is 22.7. The highest BCUT2D eigenvalue weighted by Gasteiger charge is 2.10. The Balaban J connectivity index is 1.94. The van der Waals surface area contributed by atoms with Crippen LogP contribution in [0.2, 0.25) is 0 Å². The van der Waals surface area contributed by atoms with Crippen LogP contribution in [0.15, 0.2) is 30.5 Å². The zero-order chi connectivity index (χ0) is 16.8. The molecule has 0 radical (unpaired) electrons. The molecule has 2 aromatic rings. The minimum Gasteiger partial charge on any atom is -0.466 e. The van der Waals surface area contributed by atoms with Gasteiger partial charge in [-0.15, -0.1) is 5.10 Å². The van der Waals surface area contributed by atoms with E-state index in [4.69, 9.17) is 0 Å². The van der Waals surface area contributed by atoms with Crippen LogP contribution in [-0.2, 0) is 16.1 Å². The lowest BCUT2D eigenvalue weighted by Crippen LogP contribution is -2.23. The highest BCUT2D eigenvalue weighted by molar-refractivity contribution is 5.94. The van der Waals surface area contributed by atoms with Gasteiger partial charge >= 0.3 is 5.97 Å². The Morgan fingerprint density at radius 1 is 1.35 bits per heavy atom. The predicted octanol–water partition coefficient (Wildman–Crippen LogP) is 1.13. The van der Waals surface area contributed by atoms with E-state index in [1.54, 1.807) is 0 Å². The number of nitrogens with zero attached hydrogens (tertiary/aromatic N) is 3. The normalized spacial score (nSPS) is 10.7. The maximum Gasteiger partial charge on any atom is 0.332 e. The van der Waals surface area contributed by atoms with Gasteiger partial charge in [0.1, 0.15) is 5.69 Å². The van der Waals surface area contributed by atoms with Crippen molar-refractivity contribution >= 4 is 18.1 Å². The van der Waals surface area contributed by atoms with Crippen molar-refractivity contribution in [3.63, 3.8) is 0 Å². The SMILES string of the molecule is COC(=O)/C=C/n1cc(CNC(=O)c2ccc(F)c(F)c2)nn1. The van der Waals surface area contributed by atoms with Crippen LogP contribution < -0.4 is 5.32 Å². The van der Waals surface area contributed by atoms with Gasteiger partial charge in [0.05, 0.1) is 19.9 Å². The summed E-state index contributed by atoms with van der Waals surface area (Å²) in [6, 6.07) is 2.85. The van der Waals surface area contributed by atoms with Crippen LogP contribution in [0.1, 0.15) is 16.1 Å². The van der Waals surface area contributed by atoms with Crippen molar-refractivity contribution < 1.29 is 23.1 Å². The number of carbonyl (C=O) groups is 2. The van der Waals surface area contributed by atoms with Gasteiger partial charge in [-0.25, -0.2) is 18.3 Å². The molecular weight excluding hydrogens is 310 g/mol. The summed E-state index contributed by atoms with van der Waals surface area (Å²) in [5.74, 6) is -3.25. The monoisotopic (exact) mass is 322 g/mol. The first-order valence-corrected chi connectivity index (χ1v) is 6.39. The van der Waals surface area contributed by atoms with E-state index in [0.717, 1.165) is 18.2 Å².